The summed E-state index contributed by atoms with van der Waals surface area (Å²) in [5, 5.41) is 18.6. The van der Waals surface area contributed by atoms with Crippen molar-refractivity contribution < 1.29 is 5.11 Å². The fourth-order valence-electron chi connectivity index (χ4n) is 2.17. The standard InChI is InChI=1S/C13H16N2O/c1-10-3-2-4-13(12(10)9-14)15-7-5-11(16)6-8-15/h2-4,11,16H,5-8H2,1H3. The number of aliphatic hydroxyl groups excluding tert-OH is 1. The highest BCUT2D eigenvalue weighted by atomic mass is 16.3. The number of anilines is 1. The fourth-order valence-corrected chi connectivity index (χ4v) is 2.17. The average Bonchev–Trinajstić information content (AvgIpc) is 2.30. The van der Waals surface area contributed by atoms with Gasteiger partial charge in [-0.15, -0.1) is 0 Å². The van der Waals surface area contributed by atoms with Crippen LogP contribution in [-0.4, -0.2) is 24.3 Å². The maximum Gasteiger partial charge on any atom is 0.102 e. The quantitative estimate of drug-likeness (QED) is 0.779. The van der Waals surface area contributed by atoms with Crippen molar-refractivity contribution in [2.45, 2.75) is 25.9 Å². The minimum absolute atomic E-state index is 0.174. The second-order valence-electron chi connectivity index (χ2n) is 4.30. The molecule has 0 amide bonds. The molecular weight excluding hydrogens is 200 g/mol. The third kappa shape index (κ3) is 2.02. The molecule has 0 aliphatic carbocycles. The molecule has 1 N–H and O–H groups in total. The SMILES string of the molecule is Cc1cccc(N2CCC(O)CC2)c1C#N. The first-order valence-corrected chi connectivity index (χ1v) is 5.65. The van der Waals surface area contributed by atoms with Crippen molar-refractivity contribution in [3.05, 3.63) is 29.3 Å². The zero-order valence-corrected chi connectivity index (χ0v) is 9.48. The summed E-state index contributed by atoms with van der Waals surface area (Å²) in [6, 6.07) is 8.20. The molecule has 0 bridgehead atoms. The summed E-state index contributed by atoms with van der Waals surface area (Å²) in [5.41, 5.74) is 2.79. The Morgan fingerprint density at radius 2 is 2.06 bits per heavy atom. The molecular formula is C13H16N2O. The van der Waals surface area contributed by atoms with Crippen LogP contribution in [0, 0.1) is 18.3 Å². The van der Waals surface area contributed by atoms with E-state index in [4.69, 9.17) is 5.26 Å². The number of benzene rings is 1. The van der Waals surface area contributed by atoms with Crippen LogP contribution in [0.2, 0.25) is 0 Å². The van der Waals surface area contributed by atoms with E-state index in [2.05, 4.69) is 11.0 Å². The number of aliphatic hydroxyl groups is 1. The van der Waals surface area contributed by atoms with E-state index in [-0.39, 0.29) is 6.10 Å². The predicted molar refractivity (Wildman–Crippen MR) is 63.3 cm³/mol. The van der Waals surface area contributed by atoms with E-state index in [0.29, 0.717) is 0 Å². The van der Waals surface area contributed by atoms with Gasteiger partial charge in [0, 0.05) is 13.1 Å². The van der Waals surface area contributed by atoms with Crippen LogP contribution in [0.1, 0.15) is 24.0 Å². The number of rotatable bonds is 1. The number of nitrogens with zero attached hydrogens (tertiary/aromatic N) is 2. The van der Waals surface area contributed by atoms with Crippen LogP contribution in [0.3, 0.4) is 0 Å². The molecule has 1 aromatic carbocycles. The maximum atomic E-state index is 9.46. The first-order chi connectivity index (χ1) is 7.72. The van der Waals surface area contributed by atoms with Gasteiger partial charge in [0.05, 0.1) is 17.4 Å². The third-order valence-electron chi connectivity index (χ3n) is 3.17. The topological polar surface area (TPSA) is 47.3 Å². The lowest BCUT2D eigenvalue weighted by Gasteiger charge is -2.32. The number of nitriles is 1. The first kappa shape index (κ1) is 11.0. The number of piperidine rings is 1. The minimum atomic E-state index is -0.174. The van der Waals surface area contributed by atoms with Crippen molar-refractivity contribution in [3.63, 3.8) is 0 Å². The summed E-state index contributed by atoms with van der Waals surface area (Å²) in [5.74, 6) is 0. The molecule has 3 nitrogen and oxygen atoms in total. The normalized spacial score (nSPS) is 17.2. The zero-order chi connectivity index (χ0) is 11.5. The van der Waals surface area contributed by atoms with Crippen molar-refractivity contribution in [3.8, 4) is 6.07 Å². The van der Waals surface area contributed by atoms with Crippen molar-refractivity contribution >= 4 is 5.69 Å². The Morgan fingerprint density at radius 1 is 1.38 bits per heavy atom. The van der Waals surface area contributed by atoms with Gasteiger partial charge in [0.2, 0.25) is 0 Å². The monoisotopic (exact) mass is 216 g/mol. The Balaban J connectivity index is 2.27. The molecule has 1 aliphatic rings. The summed E-state index contributed by atoms with van der Waals surface area (Å²) in [4.78, 5) is 2.19. The van der Waals surface area contributed by atoms with Gasteiger partial charge < -0.3 is 10.0 Å². The lowest BCUT2D eigenvalue weighted by Crippen LogP contribution is -2.36. The predicted octanol–water partition coefficient (Wildman–Crippen LogP) is 1.83. The van der Waals surface area contributed by atoms with Gasteiger partial charge in [-0.25, -0.2) is 0 Å². The smallest absolute Gasteiger partial charge is 0.102 e. The molecule has 3 heteroatoms. The van der Waals surface area contributed by atoms with Crippen LogP contribution in [-0.2, 0) is 0 Å². The van der Waals surface area contributed by atoms with Crippen molar-refractivity contribution in [1.82, 2.24) is 0 Å². The van der Waals surface area contributed by atoms with Crippen LogP contribution in [0.15, 0.2) is 18.2 Å². The molecule has 1 saturated heterocycles. The van der Waals surface area contributed by atoms with E-state index in [1.165, 1.54) is 0 Å². The molecule has 16 heavy (non-hydrogen) atoms. The zero-order valence-electron chi connectivity index (χ0n) is 9.48. The Labute approximate surface area is 95.9 Å². The molecule has 0 atom stereocenters. The van der Waals surface area contributed by atoms with Crippen LogP contribution < -0.4 is 4.90 Å². The Morgan fingerprint density at radius 3 is 2.69 bits per heavy atom. The number of hydrogen-bond donors (Lipinski definition) is 1. The molecule has 0 radical (unpaired) electrons. The van der Waals surface area contributed by atoms with Crippen LogP contribution >= 0.6 is 0 Å². The van der Waals surface area contributed by atoms with Crippen molar-refractivity contribution in [2.75, 3.05) is 18.0 Å². The van der Waals surface area contributed by atoms with Crippen molar-refractivity contribution in [1.29, 1.82) is 5.26 Å². The molecule has 0 unspecified atom stereocenters. The van der Waals surface area contributed by atoms with E-state index in [0.717, 1.165) is 42.7 Å². The van der Waals surface area contributed by atoms with Crippen molar-refractivity contribution in [2.24, 2.45) is 0 Å². The molecule has 0 saturated carbocycles. The Kier molecular flexibility index (Phi) is 3.12. The van der Waals surface area contributed by atoms with Crippen LogP contribution in [0.4, 0.5) is 5.69 Å². The van der Waals surface area contributed by atoms with E-state index in [1.807, 2.05) is 25.1 Å². The largest absolute Gasteiger partial charge is 0.393 e. The van der Waals surface area contributed by atoms with Gasteiger partial charge in [0.25, 0.3) is 0 Å². The van der Waals surface area contributed by atoms with Gasteiger partial charge >= 0.3 is 0 Å². The highest BCUT2D eigenvalue weighted by molar-refractivity contribution is 5.62. The third-order valence-corrected chi connectivity index (χ3v) is 3.17. The maximum absolute atomic E-state index is 9.46. The van der Waals surface area contributed by atoms with Crippen LogP contribution in [0.25, 0.3) is 0 Å². The molecule has 2 rings (SSSR count). The molecule has 0 spiro atoms. The average molecular weight is 216 g/mol. The highest BCUT2D eigenvalue weighted by Gasteiger charge is 2.19. The number of aryl methyl sites for hydroxylation is 1. The fraction of sp³-hybridized carbons (Fsp3) is 0.462. The molecule has 1 heterocycles. The first-order valence-electron chi connectivity index (χ1n) is 5.65. The summed E-state index contributed by atoms with van der Waals surface area (Å²) >= 11 is 0. The van der Waals surface area contributed by atoms with Gasteiger partial charge in [0.1, 0.15) is 6.07 Å². The summed E-state index contributed by atoms with van der Waals surface area (Å²) in [6.45, 7) is 3.62. The number of hydrogen-bond acceptors (Lipinski definition) is 3. The second-order valence-corrected chi connectivity index (χ2v) is 4.30. The van der Waals surface area contributed by atoms with Gasteiger partial charge in [-0.2, -0.15) is 5.26 Å². The van der Waals surface area contributed by atoms with Gasteiger partial charge in [-0.05, 0) is 31.4 Å². The second kappa shape index (κ2) is 4.54. The van der Waals surface area contributed by atoms with Gasteiger partial charge in [0.15, 0.2) is 0 Å². The summed E-state index contributed by atoms with van der Waals surface area (Å²) in [6.07, 6.45) is 1.41. The van der Waals surface area contributed by atoms with E-state index < -0.39 is 0 Å². The lowest BCUT2D eigenvalue weighted by molar-refractivity contribution is 0.145. The van der Waals surface area contributed by atoms with E-state index in [1.54, 1.807) is 0 Å². The molecule has 0 aromatic heterocycles. The molecule has 1 aliphatic heterocycles. The van der Waals surface area contributed by atoms with Gasteiger partial charge in [-0.3, -0.25) is 0 Å². The van der Waals surface area contributed by atoms with Crippen LogP contribution in [0.5, 0.6) is 0 Å². The molecule has 84 valence electrons. The highest BCUT2D eigenvalue weighted by Crippen LogP contribution is 2.25. The van der Waals surface area contributed by atoms with E-state index in [9.17, 15) is 5.11 Å². The lowest BCUT2D eigenvalue weighted by atomic mass is 10.0. The van der Waals surface area contributed by atoms with Gasteiger partial charge in [-0.1, -0.05) is 12.1 Å². The minimum Gasteiger partial charge on any atom is -0.393 e. The Bertz CT molecular complexity index is 414. The molecule has 1 aromatic rings. The Hall–Kier alpha value is -1.53. The summed E-state index contributed by atoms with van der Waals surface area (Å²) < 4.78 is 0. The summed E-state index contributed by atoms with van der Waals surface area (Å²) in [7, 11) is 0. The molecule has 1 fully saturated rings. The van der Waals surface area contributed by atoms with E-state index >= 15 is 0 Å².